The lowest BCUT2D eigenvalue weighted by molar-refractivity contribution is -0.327. The molecule has 7 N–H and O–H groups in total. The minimum absolute atomic E-state index is 0.121. The number of benzene rings is 1. The molecule has 0 bridgehead atoms. The van der Waals surface area contributed by atoms with Crippen molar-refractivity contribution in [2.75, 3.05) is 20.3 Å². The fraction of sp³-hybridized carbons (Fsp3) is 0.531. The Morgan fingerprint density at radius 2 is 1.49 bits per heavy atom. The van der Waals surface area contributed by atoms with Crippen molar-refractivity contribution in [3.8, 4) is 0 Å². The highest BCUT2D eigenvalue weighted by molar-refractivity contribution is 5.90. The SMILES string of the molecule is CC=C1[C@H](O[C@@H]2O[C@H](CO)[C@@H](O)[C@H](O)[C@H]2O)OC=C(C(=O)OC)[C@H]1CC(=O)OC[C@H]1O[C@@H](OC(=O)C=Cc2ccccc2)[C@H](O)[C@@H](O)[C@@H]1O. The van der Waals surface area contributed by atoms with Crippen LogP contribution in [0.15, 0.2) is 59.9 Å². The van der Waals surface area contributed by atoms with Crippen LogP contribution in [0.5, 0.6) is 0 Å². The van der Waals surface area contributed by atoms with E-state index in [1.807, 2.05) is 0 Å². The van der Waals surface area contributed by atoms with Crippen LogP contribution >= 0.6 is 0 Å². The summed E-state index contributed by atoms with van der Waals surface area (Å²) < 4.78 is 37.3. The highest BCUT2D eigenvalue weighted by Crippen LogP contribution is 2.36. The van der Waals surface area contributed by atoms with Gasteiger partial charge in [0, 0.05) is 17.6 Å². The Labute approximate surface area is 280 Å². The van der Waals surface area contributed by atoms with Gasteiger partial charge >= 0.3 is 17.9 Å². The molecule has 0 amide bonds. The van der Waals surface area contributed by atoms with E-state index in [1.54, 1.807) is 30.3 Å². The highest BCUT2D eigenvalue weighted by atomic mass is 16.8. The van der Waals surface area contributed by atoms with E-state index < -0.39 is 111 Å². The lowest BCUT2D eigenvalue weighted by atomic mass is 9.86. The summed E-state index contributed by atoms with van der Waals surface area (Å²) in [7, 11) is 1.10. The van der Waals surface area contributed by atoms with E-state index in [0.29, 0.717) is 5.56 Å². The lowest BCUT2D eigenvalue weighted by Crippen LogP contribution is -2.60. The molecular weight excluding hydrogens is 656 g/mol. The summed E-state index contributed by atoms with van der Waals surface area (Å²) >= 11 is 0. The van der Waals surface area contributed by atoms with Gasteiger partial charge in [-0.15, -0.1) is 0 Å². The molecule has 2 saturated heterocycles. The number of rotatable bonds is 11. The van der Waals surface area contributed by atoms with Crippen molar-refractivity contribution in [1.82, 2.24) is 0 Å². The van der Waals surface area contributed by atoms with Crippen LogP contribution in [-0.4, -0.2) is 142 Å². The van der Waals surface area contributed by atoms with Crippen molar-refractivity contribution >= 4 is 24.0 Å². The Hall–Kier alpha value is -3.75. The molecule has 17 heteroatoms. The summed E-state index contributed by atoms with van der Waals surface area (Å²) in [5.41, 5.74) is 0.733. The van der Waals surface area contributed by atoms with E-state index in [1.165, 1.54) is 19.1 Å². The number of carbonyl (C=O) groups is 3. The minimum atomic E-state index is -1.84. The molecule has 270 valence electrons. The number of carbonyl (C=O) groups excluding carboxylic acids is 3. The molecule has 3 aliphatic rings. The molecule has 1 aromatic rings. The second kappa shape index (κ2) is 17.3. The quantitative estimate of drug-likeness (QED) is 0.0559. The second-order valence-electron chi connectivity index (χ2n) is 11.3. The molecule has 49 heavy (non-hydrogen) atoms. The van der Waals surface area contributed by atoms with E-state index >= 15 is 0 Å². The fourth-order valence-corrected chi connectivity index (χ4v) is 5.36. The molecule has 4 rings (SSSR count). The van der Waals surface area contributed by atoms with Crippen molar-refractivity contribution in [3.05, 3.63) is 65.5 Å². The molecule has 3 heterocycles. The first-order chi connectivity index (χ1) is 23.4. The van der Waals surface area contributed by atoms with Crippen LogP contribution in [0.1, 0.15) is 18.9 Å². The summed E-state index contributed by atoms with van der Waals surface area (Å²) in [6.45, 7) is 0.155. The van der Waals surface area contributed by atoms with Crippen molar-refractivity contribution in [2.45, 2.75) is 81.0 Å². The number of methoxy groups -OCH3 is 1. The standard InChI is InChI=1S/C32H40O17/c1-3-16-17(18(29(42)43-2)13-45-30(16)49-32-28(41)25(38)23(36)19(12-33)46-32)11-22(35)44-14-20-24(37)26(39)27(40)31(47-20)48-21(34)10-9-15-7-5-4-6-8-15/h3-10,13,17,19-20,23-28,30-33,36-41H,11-12,14H2,1-2H3/t17-,19+,20+,23+,24+,25-,26-,27+,28+,30-,31-,32-/m0/s1. The van der Waals surface area contributed by atoms with Crippen LogP contribution in [0.25, 0.3) is 6.08 Å². The molecule has 0 radical (unpaired) electrons. The number of hydrogen-bond acceptors (Lipinski definition) is 17. The van der Waals surface area contributed by atoms with Crippen LogP contribution < -0.4 is 0 Å². The Balaban J connectivity index is 1.41. The maximum Gasteiger partial charge on any atom is 0.337 e. The van der Waals surface area contributed by atoms with Gasteiger partial charge in [-0.2, -0.15) is 0 Å². The molecule has 0 unspecified atom stereocenters. The Kier molecular flexibility index (Phi) is 13.4. The van der Waals surface area contributed by atoms with Gasteiger partial charge in [0.1, 0.15) is 55.4 Å². The summed E-state index contributed by atoms with van der Waals surface area (Å²) in [4.78, 5) is 38.1. The smallest absolute Gasteiger partial charge is 0.337 e. The Bertz CT molecular complexity index is 1380. The predicted molar refractivity (Wildman–Crippen MR) is 161 cm³/mol. The summed E-state index contributed by atoms with van der Waals surface area (Å²) in [5.74, 6) is -3.82. The topological polar surface area (TPSA) is 257 Å². The molecule has 0 saturated carbocycles. The molecule has 0 spiro atoms. The molecule has 1 aromatic carbocycles. The molecule has 12 atom stereocenters. The first-order valence-electron chi connectivity index (χ1n) is 15.2. The van der Waals surface area contributed by atoms with Gasteiger partial charge in [-0.1, -0.05) is 36.4 Å². The summed E-state index contributed by atoms with van der Waals surface area (Å²) in [6, 6.07) is 8.77. The molecule has 0 aliphatic carbocycles. The average molecular weight is 697 g/mol. The molecular formula is C32H40O17. The largest absolute Gasteiger partial charge is 0.468 e. The molecule has 3 aliphatic heterocycles. The number of hydrogen-bond donors (Lipinski definition) is 7. The maximum atomic E-state index is 13.1. The van der Waals surface area contributed by atoms with Gasteiger partial charge in [-0.05, 0) is 18.6 Å². The van der Waals surface area contributed by atoms with Gasteiger partial charge in [-0.3, -0.25) is 4.79 Å². The lowest BCUT2D eigenvalue weighted by Gasteiger charge is -2.42. The third-order valence-electron chi connectivity index (χ3n) is 8.12. The first kappa shape index (κ1) is 38.1. The number of allylic oxidation sites excluding steroid dienone is 1. The summed E-state index contributed by atoms with van der Waals surface area (Å²) in [5, 5.41) is 71.3. The zero-order valence-corrected chi connectivity index (χ0v) is 26.5. The van der Waals surface area contributed by atoms with Crippen LogP contribution in [0.2, 0.25) is 0 Å². The normalized spacial score (nSPS) is 35.7. The van der Waals surface area contributed by atoms with E-state index in [-0.39, 0.29) is 11.1 Å². The fourth-order valence-electron chi connectivity index (χ4n) is 5.36. The second-order valence-corrected chi connectivity index (χ2v) is 11.3. The van der Waals surface area contributed by atoms with E-state index in [2.05, 4.69) is 0 Å². The van der Waals surface area contributed by atoms with Gasteiger partial charge < -0.3 is 68.9 Å². The van der Waals surface area contributed by atoms with Gasteiger partial charge in [0.15, 0.2) is 6.29 Å². The van der Waals surface area contributed by atoms with Gasteiger partial charge in [0.2, 0.25) is 12.6 Å². The molecule has 17 nitrogen and oxygen atoms in total. The number of aliphatic hydroxyl groups excluding tert-OH is 7. The summed E-state index contributed by atoms with van der Waals surface area (Å²) in [6.07, 6.45) is -13.6. The first-order valence-corrected chi connectivity index (χ1v) is 15.2. The van der Waals surface area contributed by atoms with Crippen LogP contribution in [0, 0.1) is 5.92 Å². The average Bonchev–Trinajstić information content (AvgIpc) is 3.10. The molecule has 0 aromatic heterocycles. The van der Waals surface area contributed by atoms with Crippen LogP contribution in [0.3, 0.4) is 0 Å². The van der Waals surface area contributed by atoms with E-state index in [0.717, 1.165) is 19.4 Å². The number of ether oxygens (including phenoxy) is 7. The van der Waals surface area contributed by atoms with E-state index in [4.69, 9.17) is 33.2 Å². The van der Waals surface area contributed by atoms with Gasteiger partial charge in [0.05, 0.1) is 32.0 Å². The van der Waals surface area contributed by atoms with Crippen molar-refractivity contribution in [1.29, 1.82) is 0 Å². The van der Waals surface area contributed by atoms with Gasteiger partial charge in [0.25, 0.3) is 0 Å². The zero-order valence-electron chi connectivity index (χ0n) is 26.5. The third kappa shape index (κ3) is 9.08. The number of esters is 3. The monoisotopic (exact) mass is 696 g/mol. The Morgan fingerprint density at radius 1 is 0.857 bits per heavy atom. The van der Waals surface area contributed by atoms with Gasteiger partial charge in [-0.25, -0.2) is 9.59 Å². The zero-order chi connectivity index (χ0) is 35.8. The van der Waals surface area contributed by atoms with E-state index in [9.17, 15) is 50.1 Å². The maximum absolute atomic E-state index is 13.1. The third-order valence-corrected chi connectivity index (χ3v) is 8.12. The predicted octanol–water partition coefficient (Wildman–Crippen LogP) is -2.22. The van der Waals surface area contributed by atoms with Crippen LogP contribution in [0.4, 0.5) is 0 Å². The van der Waals surface area contributed by atoms with Crippen molar-refractivity contribution in [2.24, 2.45) is 5.92 Å². The van der Waals surface area contributed by atoms with Crippen LogP contribution in [-0.2, 0) is 47.5 Å². The van der Waals surface area contributed by atoms with Crippen molar-refractivity contribution in [3.63, 3.8) is 0 Å². The minimum Gasteiger partial charge on any atom is -0.468 e. The highest BCUT2D eigenvalue weighted by Gasteiger charge is 2.48. The van der Waals surface area contributed by atoms with Crippen molar-refractivity contribution < 1.29 is 83.3 Å². The Morgan fingerprint density at radius 3 is 2.12 bits per heavy atom. The molecule has 2 fully saturated rings. The number of aliphatic hydroxyl groups is 7.